The first-order chi connectivity index (χ1) is 28.8. The number of aromatic nitrogens is 1. The van der Waals surface area contributed by atoms with Crippen LogP contribution in [0.1, 0.15) is 0 Å². The zero-order chi connectivity index (χ0) is 38.4. The zero-order valence-electron chi connectivity index (χ0n) is 31.8. The molecular formula is C56H38N2. The third kappa shape index (κ3) is 5.74. The fraction of sp³-hybridized carbons (Fsp3) is 0. The summed E-state index contributed by atoms with van der Waals surface area (Å²) in [5, 5.41) is 6.34. The van der Waals surface area contributed by atoms with Crippen LogP contribution >= 0.6 is 0 Å². The lowest BCUT2D eigenvalue weighted by Crippen LogP contribution is -2.09. The van der Waals surface area contributed by atoms with Gasteiger partial charge in [-0.3, -0.25) is 0 Å². The maximum absolute atomic E-state index is 2.39. The van der Waals surface area contributed by atoms with Gasteiger partial charge in [0.2, 0.25) is 0 Å². The zero-order valence-corrected chi connectivity index (χ0v) is 31.8. The maximum Gasteiger partial charge on any atom is 0.0620 e. The third-order valence-electron chi connectivity index (χ3n) is 11.6. The van der Waals surface area contributed by atoms with Gasteiger partial charge in [-0.05, 0) is 110 Å². The maximum atomic E-state index is 2.39. The van der Waals surface area contributed by atoms with Crippen LogP contribution in [-0.2, 0) is 0 Å². The number of anilines is 3. The Morgan fingerprint density at radius 1 is 0.293 bits per heavy atom. The molecule has 58 heavy (non-hydrogen) atoms. The first-order valence-corrected chi connectivity index (χ1v) is 19.9. The summed E-state index contributed by atoms with van der Waals surface area (Å²) in [6, 6.07) is 81.2. The molecule has 0 saturated heterocycles. The number of hydrogen-bond donors (Lipinski definition) is 0. The van der Waals surface area contributed by atoms with Crippen molar-refractivity contribution in [1.29, 1.82) is 0 Å². The summed E-state index contributed by atoms with van der Waals surface area (Å²) in [5.41, 5.74) is 15.5. The quantitative estimate of drug-likeness (QED) is 0.148. The molecule has 0 aliphatic heterocycles. The van der Waals surface area contributed by atoms with E-state index < -0.39 is 0 Å². The fourth-order valence-corrected chi connectivity index (χ4v) is 8.84. The van der Waals surface area contributed by atoms with E-state index in [2.05, 4.69) is 240 Å². The number of nitrogens with zero attached hydrogens (tertiary/aromatic N) is 2. The van der Waals surface area contributed by atoms with Gasteiger partial charge in [0.05, 0.1) is 11.0 Å². The molecule has 2 aromatic heterocycles. The van der Waals surface area contributed by atoms with Gasteiger partial charge < -0.3 is 9.30 Å². The van der Waals surface area contributed by atoms with Crippen LogP contribution < -0.4 is 4.90 Å². The average molecular weight is 739 g/mol. The summed E-state index contributed by atoms with van der Waals surface area (Å²) in [6.45, 7) is 0. The number of hydrogen-bond acceptors (Lipinski definition) is 1. The minimum atomic E-state index is 1.10. The van der Waals surface area contributed by atoms with Crippen molar-refractivity contribution in [3.05, 3.63) is 231 Å². The summed E-state index contributed by atoms with van der Waals surface area (Å²) in [5.74, 6) is 0. The molecule has 0 radical (unpaired) electrons. The minimum Gasteiger partial charge on any atom is -0.315 e. The molecule has 9 aromatic carbocycles. The van der Waals surface area contributed by atoms with Gasteiger partial charge in [0.1, 0.15) is 0 Å². The Bertz CT molecular complexity index is 3140. The van der Waals surface area contributed by atoms with Gasteiger partial charge in [-0.15, -0.1) is 0 Å². The summed E-state index contributed by atoms with van der Waals surface area (Å²) < 4.78 is 2.38. The van der Waals surface area contributed by atoms with Crippen molar-refractivity contribution in [2.75, 3.05) is 4.90 Å². The lowest BCUT2D eigenvalue weighted by molar-refractivity contribution is 1.26. The molecule has 0 amide bonds. The molecule has 0 saturated carbocycles. The topological polar surface area (TPSA) is 7.65 Å². The number of benzene rings is 9. The second kappa shape index (κ2) is 14.1. The minimum absolute atomic E-state index is 1.10. The number of rotatable bonds is 7. The van der Waals surface area contributed by atoms with E-state index in [0.717, 1.165) is 17.1 Å². The van der Waals surface area contributed by atoms with E-state index in [0.29, 0.717) is 0 Å². The summed E-state index contributed by atoms with van der Waals surface area (Å²) in [4.78, 5) is 2.35. The molecule has 2 heterocycles. The molecular weight excluding hydrogens is 701 g/mol. The van der Waals surface area contributed by atoms with Crippen molar-refractivity contribution in [1.82, 2.24) is 4.40 Å². The second-order valence-electron chi connectivity index (χ2n) is 14.9. The standard InChI is InChI=1S/C56H38N2/c1-4-14-39(15-5-1)41-23-30-46(31-24-41)58(47-32-25-42(26-33-47)40-16-6-2-7-17-40)48-34-27-43(28-35-48)45-29-36-51-52(38-45)49-20-10-11-21-50(49)55-54(44-18-8-3-9-19-44)53-22-12-13-37-57(53)56(51)55/h1-38H. The summed E-state index contributed by atoms with van der Waals surface area (Å²) in [6.07, 6.45) is 2.21. The molecule has 0 unspecified atom stereocenters. The van der Waals surface area contributed by atoms with Crippen LogP contribution in [0.3, 0.4) is 0 Å². The third-order valence-corrected chi connectivity index (χ3v) is 11.6. The smallest absolute Gasteiger partial charge is 0.0620 e. The molecule has 0 atom stereocenters. The highest BCUT2D eigenvalue weighted by Gasteiger charge is 2.20. The molecule has 0 spiro atoms. The Kier molecular flexibility index (Phi) is 8.19. The predicted octanol–water partition coefficient (Wildman–Crippen LogP) is 15.5. The van der Waals surface area contributed by atoms with E-state index in [1.165, 1.54) is 82.5 Å². The molecule has 272 valence electrons. The van der Waals surface area contributed by atoms with Crippen LogP contribution in [0.15, 0.2) is 231 Å². The largest absolute Gasteiger partial charge is 0.315 e. The van der Waals surface area contributed by atoms with E-state index in [1.54, 1.807) is 0 Å². The van der Waals surface area contributed by atoms with Crippen molar-refractivity contribution in [2.24, 2.45) is 0 Å². The SMILES string of the molecule is c1ccc(-c2ccc(N(c3ccc(-c4ccccc4)cc3)c3ccc(-c4ccc5c(c4)c4ccccc4c4c(-c6ccccc6)c6ccccn6c54)cc3)cc2)cc1. The molecule has 11 aromatic rings. The monoisotopic (exact) mass is 738 g/mol. The molecule has 0 fully saturated rings. The van der Waals surface area contributed by atoms with Gasteiger partial charge in [0.25, 0.3) is 0 Å². The van der Waals surface area contributed by atoms with Crippen LogP contribution in [-0.4, -0.2) is 4.40 Å². The highest BCUT2D eigenvalue weighted by molar-refractivity contribution is 6.30. The summed E-state index contributed by atoms with van der Waals surface area (Å²) >= 11 is 0. The highest BCUT2D eigenvalue weighted by Crippen LogP contribution is 2.45. The lowest BCUT2D eigenvalue weighted by Gasteiger charge is -2.26. The Hall–Kier alpha value is -7.68. The number of fused-ring (bicyclic) bond motifs is 8. The van der Waals surface area contributed by atoms with Gasteiger partial charge in [0, 0.05) is 39.6 Å². The van der Waals surface area contributed by atoms with E-state index in [-0.39, 0.29) is 0 Å². The van der Waals surface area contributed by atoms with Gasteiger partial charge >= 0.3 is 0 Å². The number of pyridine rings is 1. The summed E-state index contributed by atoms with van der Waals surface area (Å²) in [7, 11) is 0. The van der Waals surface area contributed by atoms with Crippen LogP contribution in [0.25, 0.3) is 82.5 Å². The molecule has 0 bridgehead atoms. The van der Waals surface area contributed by atoms with Gasteiger partial charge in [-0.25, -0.2) is 0 Å². The van der Waals surface area contributed by atoms with Crippen LogP contribution in [0.2, 0.25) is 0 Å². The normalized spacial score (nSPS) is 11.4. The molecule has 0 aliphatic rings. The Morgan fingerprint density at radius 2 is 0.724 bits per heavy atom. The first-order valence-electron chi connectivity index (χ1n) is 19.9. The van der Waals surface area contributed by atoms with Gasteiger partial charge in [0.15, 0.2) is 0 Å². The molecule has 2 heteroatoms. The Labute approximate surface area is 338 Å². The van der Waals surface area contributed by atoms with Crippen LogP contribution in [0.5, 0.6) is 0 Å². The Morgan fingerprint density at radius 3 is 1.28 bits per heavy atom. The second-order valence-corrected chi connectivity index (χ2v) is 14.9. The highest BCUT2D eigenvalue weighted by atomic mass is 15.1. The lowest BCUT2D eigenvalue weighted by atomic mass is 9.92. The average Bonchev–Trinajstić information content (AvgIpc) is 3.66. The predicted molar refractivity (Wildman–Crippen MR) is 246 cm³/mol. The van der Waals surface area contributed by atoms with E-state index in [1.807, 2.05) is 0 Å². The molecule has 2 nitrogen and oxygen atoms in total. The van der Waals surface area contributed by atoms with E-state index in [4.69, 9.17) is 0 Å². The van der Waals surface area contributed by atoms with Crippen molar-refractivity contribution >= 4 is 55.0 Å². The first kappa shape index (κ1) is 33.6. The Balaban J connectivity index is 1.02. The fourth-order valence-electron chi connectivity index (χ4n) is 8.84. The molecule has 0 N–H and O–H groups in total. The van der Waals surface area contributed by atoms with E-state index in [9.17, 15) is 0 Å². The van der Waals surface area contributed by atoms with E-state index >= 15 is 0 Å². The molecule has 11 rings (SSSR count). The van der Waals surface area contributed by atoms with Crippen molar-refractivity contribution in [3.8, 4) is 44.5 Å². The molecule has 0 aliphatic carbocycles. The van der Waals surface area contributed by atoms with Gasteiger partial charge in [-0.1, -0.05) is 170 Å². The van der Waals surface area contributed by atoms with Crippen molar-refractivity contribution in [3.63, 3.8) is 0 Å². The van der Waals surface area contributed by atoms with Gasteiger partial charge in [-0.2, -0.15) is 0 Å². The van der Waals surface area contributed by atoms with Crippen LogP contribution in [0, 0.1) is 0 Å². The van der Waals surface area contributed by atoms with Crippen molar-refractivity contribution < 1.29 is 0 Å². The van der Waals surface area contributed by atoms with Crippen molar-refractivity contribution in [2.45, 2.75) is 0 Å². The van der Waals surface area contributed by atoms with Crippen LogP contribution in [0.4, 0.5) is 17.1 Å².